The van der Waals surface area contributed by atoms with Crippen molar-refractivity contribution in [3.63, 3.8) is 0 Å². The quantitative estimate of drug-likeness (QED) is 0.542. The molecule has 1 aliphatic heterocycles. The van der Waals surface area contributed by atoms with E-state index in [0.29, 0.717) is 0 Å². The lowest BCUT2D eigenvalue weighted by atomic mass is 9.98. The highest BCUT2D eigenvalue weighted by Crippen LogP contribution is 2.22. The predicted molar refractivity (Wildman–Crippen MR) is 66.5 cm³/mol. The molecule has 0 unspecified atom stereocenters. The Morgan fingerprint density at radius 2 is 2.20 bits per heavy atom. The van der Waals surface area contributed by atoms with E-state index in [1.54, 1.807) is 0 Å². The third-order valence-corrected chi connectivity index (χ3v) is 2.78. The molecule has 0 saturated carbocycles. The molecule has 0 radical (unpaired) electrons. The summed E-state index contributed by atoms with van der Waals surface area (Å²) in [5, 5.41) is 3.52. The molecule has 1 N–H and O–H groups in total. The van der Waals surface area contributed by atoms with E-state index in [2.05, 4.69) is 50.1 Å². The molecule has 1 heterocycles. The molecule has 1 aliphatic rings. The maximum atomic E-state index is 3.52. The largest absolute Gasteiger partial charge is 0.385 e. The zero-order chi connectivity index (χ0) is 11.3. The van der Waals surface area contributed by atoms with Crippen molar-refractivity contribution in [2.45, 2.75) is 33.1 Å². The monoisotopic (exact) mass is 207 g/mol. The molecule has 15 heavy (non-hydrogen) atoms. The van der Waals surface area contributed by atoms with Gasteiger partial charge < -0.3 is 5.32 Å². The van der Waals surface area contributed by atoms with Gasteiger partial charge in [-0.25, -0.2) is 4.58 Å². The van der Waals surface area contributed by atoms with Crippen molar-refractivity contribution < 1.29 is 4.58 Å². The molecule has 2 heteroatoms. The number of piperidine rings is 1. The van der Waals surface area contributed by atoms with Gasteiger partial charge in [0.1, 0.15) is 14.1 Å². The SMILES string of the molecule is CCC(C)=C1NCCCC1=CC=[N+](C)C. The Morgan fingerprint density at radius 1 is 1.47 bits per heavy atom. The van der Waals surface area contributed by atoms with E-state index in [-0.39, 0.29) is 0 Å². The predicted octanol–water partition coefficient (Wildman–Crippen LogP) is 2.32. The number of nitrogens with one attached hydrogen (secondary N) is 1. The van der Waals surface area contributed by atoms with Gasteiger partial charge in [-0.2, -0.15) is 0 Å². The van der Waals surface area contributed by atoms with E-state index < -0.39 is 0 Å². The minimum absolute atomic E-state index is 1.12. The van der Waals surface area contributed by atoms with Crippen LogP contribution in [0.2, 0.25) is 0 Å². The molecule has 0 spiro atoms. The first kappa shape index (κ1) is 12.0. The normalized spacial score (nSPS) is 22.3. The number of hydrogen-bond donors (Lipinski definition) is 1. The van der Waals surface area contributed by atoms with Crippen molar-refractivity contribution in [3.05, 3.63) is 22.9 Å². The average Bonchev–Trinajstić information content (AvgIpc) is 2.25. The van der Waals surface area contributed by atoms with Gasteiger partial charge in [-0.15, -0.1) is 0 Å². The first-order chi connectivity index (χ1) is 7.15. The van der Waals surface area contributed by atoms with Crippen LogP contribution in [-0.2, 0) is 0 Å². The third-order valence-electron chi connectivity index (χ3n) is 2.78. The first-order valence-corrected chi connectivity index (χ1v) is 5.79. The molecule has 0 amide bonds. The van der Waals surface area contributed by atoms with Crippen molar-refractivity contribution >= 4 is 6.21 Å². The Morgan fingerprint density at radius 3 is 2.80 bits per heavy atom. The summed E-state index contributed by atoms with van der Waals surface area (Å²) in [4.78, 5) is 0. The molecule has 0 bridgehead atoms. The zero-order valence-electron chi connectivity index (χ0n) is 10.4. The van der Waals surface area contributed by atoms with E-state index in [1.807, 2.05) is 0 Å². The molecule has 84 valence electrons. The minimum Gasteiger partial charge on any atom is -0.385 e. The van der Waals surface area contributed by atoms with Gasteiger partial charge in [0.15, 0.2) is 6.21 Å². The Hall–Kier alpha value is -1.05. The van der Waals surface area contributed by atoms with Gasteiger partial charge in [0.2, 0.25) is 0 Å². The number of rotatable bonds is 2. The molecule has 2 nitrogen and oxygen atoms in total. The van der Waals surface area contributed by atoms with Gasteiger partial charge >= 0.3 is 0 Å². The number of nitrogens with zero attached hydrogens (tertiary/aromatic N) is 1. The van der Waals surface area contributed by atoms with Crippen molar-refractivity contribution in [2.24, 2.45) is 0 Å². The molecule has 0 aliphatic carbocycles. The van der Waals surface area contributed by atoms with Crippen LogP contribution in [0, 0.1) is 0 Å². The molecule has 1 saturated heterocycles. The molecular weight excluding hydrogens is 184 g/mol. The van der Waals surface area contributed by atoms with Gasteiger partial charge in [0.25, 0.3) is 0 Å². The summed E-state index contributed by atoms with van der Waals surface area (Å²) in [5.41, 5.74) is 4.30. The van der Waals surface area contributed by atoms with Crippen LogP contribution in [0.5, 0.6) is 0 Å². The fourth-order valence-corrected chi connectivity index (χ4v) is 1.74. The fourth-order valence-electron chi connectivity index (χ4n) is 1.74. The highest BCUT2D eigenvalue weighted by Gasteiger charge is 2.12. The average molecular weight is 207 g/mol. The van der Waals surface area contributed by atoms with Crippen molar-refractivity contribution in [2.75, 3.05) is 20.6 Å². The summed E-state index contributed by atoms with van der Waals surface area (Å²) >= 11 is 0. The van der Waals surface area contributed by atoms with Crippen LogP contribution in [0.25, 0.3) is 0 Å². The highest BCUT2D eigenvalue weighted by molar-refractivity contribution is 5.69. The lowest BCUT2D eigenvalue weighted by Gasteiger charge is -2.22. The van der Waals surface area contributed by atoms with Crippen LogP contribution >= 0.6 is 0 Å². The maximum absolute atomic E-state index is 3.52. The second-order valence-electron chi connectivity index (χ2n) is 4.34. The van der Waals surface area contributed by atoms with Crippen LogP contribution in [0.15, 0.2) is 22.9 Å². The van der Waals surface area contributed by atoms with Crippen LogP contribution in [0.1, 0.15) is 33.1 Å². The molecule has 0 aromatic rings. The Kier molecular flexibility index (Phi) is 4.60. The molecule has 0 aromatic carbocycles. The lowest BCUT2D eigenvalue weighted by Crippen LogP contribution is -2.23. The van der Waals surface area contributed by atoms with E-state index in [9.17, 15) is 0 Å². The van der Waals surface area contributed by atoms with Crippen LogP contribution in [0.3, 0.4) is 0 Å². The lowest BCUT2D eigenvalue weighted by molar-refractivity contribution is -0.458. The highest BCUT2D eigenvalue weighted by atomic mass is 14.9. The molecule has 0 atom stereocenters. The van der Waals surface area contributed by atoms with Crippen molar-refractivity contribution in [1.82, 2.24) is 5.32 Å². The van der Waals surface area contributed by atoms with Crippen LogP contribution in [-0.4, -0.2) is 31.4 Å². The first-order valence-electron chi connectivity index (χ1n) is 5.79. The number of allylic oxidation sites excluding steroid dienone is 3. The fraction of sp³-hybridized carbons (Fsp3) is 0.615. The maximum Gasteiger partial charge on any atom is 0.163 e. The number of hydrogen-bond acceptors (Lipinski definition) is 1. The smallest absolute Gasteiger partial charge is 0.163 e. The van der Waals surface area contributed by atoms with Crippen molar-refractivity contribution in [3.8, 4) is 0 Å². The van der Waals surface area contributed by atoms with Gasteiger partial charge in [0, 0.05) is 18.3 Å². The van der Waals surface area contributed by atoms with Gasteiger partial charge in [-0.05, 0) is 31.8 Å². The van der Waals surface area contributed by atoms with Crippen LogP contribution < -0.4 is 5.32 Å². The van der Waals surface area contributed by atoms with E-state index in [0.717, 1.165) is 13.0 Å². The van der Waals surface area contributed by atoms with Crippen LogP contribution in [0.4, 0.5) is 0 Å². The van der Waals surface area contributed by atoms with Gasteiger partial charge in [0.05, 0.1) is 0 Å². The van der Waals surface area contributed by atoms with E-state index in [1.165, 1.54) is 29.7 Å². The summed E-state index contributed by atoms with van der Waals surface area (Å²) in [6, 6.07) is 0. The minimum atomic E-state index is 1.12. The van der Waals surface area contributed by atoms with Crippen molar-refractivity contribution in [1.29, 1.82) is 0 Å². The Balaban J connectivity index is 2.93. The zero-order valence-corrected chi connectivity index (χ0v) is 10.4. The van der Waals surface area contributed by atoms with Gasteiger partial charge in [-0.1, -0.05) is 12.5 Å². The standard InChI is InChI=1S/C13H23N2/c1-5-11(2)13-12(7-6-9-14-13)8-10-15(3)4/h8,10,14H,5-7,9H2,1-4H3/q+1. The second kappa shape index (κ2) is 5.74. The molecule has 0 aromatic heterocycles. The Labute approximate surface area is 93.4 Å². The summed E-state index contributed by atoms with van der Waals surface area (Å²) < 4.78 is 2.08. The van der Waals surface area contributed by atoms with E-state index in [4.69, 9.17) is 0 Å². The van der Waals surface area contributed by atoms with E-state index >= 15 is 0 Å². The second-order valence-corrected chi connectivity index (χ2v) is 4.34. The topological polar surface area (TPSA) is 15.0 Å². The summed E-state index contributed by atoms with van der Waals surface area (Å²) in [6.45, 7) is 5.55. The summed E-state index contributed by atoms with van der Waals surface area (Å²) in [7, 11) is 4.12. The molecule has 1 rings (SSSR count). The summed E-state index contributed by atoms with van der Waals surface area (Å²) in [6.07, 6.45) is 7.94. The Bertz CT molecular complexity index is 304. The molecule has 1 fully saturated rings. The van der Waals surface area contributed by atoms with Gasteiger partial charge in [-0.3, -0.25) is 0 Å². The summed E-state index contributed by atoms with van der Waals surface area (Å²) in [5.74, 6) is 0. The molecular formula is C13H23N2+. The third kappa shape index (κ3) is 3.54.